The van der Waals surface area contributed by atoms with Gasteiger partial charge in [0.2, 0.25) is 0 Å². The molecule has 0 aliphatic carbocycles. The van der Waals surface area contributed by atoms with E-state index in [1.807, 2.05) is 54.6 Å². The van der Waals surface area contributed by atoms with Crippen molar-refractivity contribution < 1.29 is 9.53 Å². The quantitative estimate of drug-likeness (QED) is 0.510. The summed E-state index contributed by atoms with van der Waals surface area (Å²) >= 11 is 5.87. The molecule has 4 nitrogen and oxygen atoms in total. The van der Waals surface area contributed by atoms with Crippen molar-refractivity contribution in [2.75, 3.05) is 0 Å². The summed E-state index contributed by atoms with van der Waals surface area (Å²) in [5.41, 5.74) is 4.90. The van der Waals surface area contributed by atoms with Gasteiger partial charge in [-0.05, 0) is 53.6 Å². The average molecular weight is 365 g/mol. The molecule has 0 aromatic heterocycles. The molecule has 0 spiro atoms. The Labute approximate surface area is 157 Å². The van der Waals surface area contributed by atoms with E-state index >= 15 is 0 Å². The zero-order valence-electron chi connectivity index (χ0n) is 13.9. The van der Waals surface area contributed by atoms with Crippen molar-refractivity contribution in [3.63, 3.8) is 0 Å². The normalized spacial score (nSPS) is 10.7. The number of hydrazone groups is 1. The minimum absolute atomic E-state index is 0.313. The Morgan fingerprint density at radius 3 is 2.50 bits per heavy atom. The smallest absolute Gasteiger partial charge is 0.271 e. The molecule has 0 heterocycles. The van der Waals surface area contributed by atoms with Gasteiger partial charge in [-0.25, -0.2) is 5.43 Å². The van der Waals surface area contributed by atoms with Crippen LogP contribution in [-0.4, -0.2) is 12.1 Å². The number of nitrogens with zero attached hydrogens (tertiary/aromatic N) is 1. The second kappa shape index (κ2) is 8.83. The van der Waals surface area contributed by atoms with Crippen LogP contribution in [-0.2, 0) is 6.61 Å². The predicted octanol–water partition coefficient (Wildman–Crippen LogP) is 4.68. The van der Waals surface area contributed by atoms with Gasteiger partial charge < -0.3 is 4.74 Å². The third-order valence-electron chi connectivity index (χ3n) is 3.59. The largest absolute Gasteiger partial charge is 0.489 e. The van der Waals surface area contributed by atoms with Gasteiger partial charge in [0.05, 0.1) is 6.21 Å². The topological polar surface area (TPSA) is 50.7 Å². The van der Waals surface area contributed by atoms with E-state index in [1.165, 1.54) is 0 Å². The van der Waals surface area contributed by atoms with E-state index < -0.39 is 0 Å². The highest BCUT2D eigenvalue weighted by atomic mass is 35.5. The number of amides is 1. The number of rotatable bonds is 6. The number of halogens is 1. The minimum Gasteiger partial charge on any atom is -0.489 e. The summed E-state index contributed by atoms with van der Waals surface area (Å²) in [5, 5.41) is 4.47. The molecule has 0 atom stereocenters. The van der Waals surface area contributed by atoms with Crippen molar-refractivity contribution in [1.29, 1.82) is 0 Å². The summed E-state index contributed by atoms with van der Waals surface area (Å²) in [5.74, 6) is 0.459. The van der Waals surface area contributed by atoms with E-state index in [4.69, 9.17) is 16.3 Å². The van der Waals surface area contributed by atoms with Crippen LogP contribution in [0, 0.1) is 0 Å². The number of carbonyl (C=O) groups excluding carboxylic acids is 1. The molecule has 0 unspecified atom stereocenters. The second-order valence-corrected chi connectivity index (χ2v) is 5.99. The third kappa shape index (κ3) is 5.19. The van der Waals surface area contributed by atoms with Crippen LogP contribution in [0.5, 0.6) is 5.75 Å². The number of hydrogen-bond acceptors (Lipinski definition) is 3. The van der Waals surface area contributed by atoms with E-state index in [9.17, 15) is 4.79 Å². The fourth-order valence-corrected chi connectivity index (χ4v) is 2.44. The van der Waals surface area contributed by atoms with E-state index in [1.54, 1.807) is 30.5 Å². The standard InChI is InChI=1S/C21H17ClN2O2/c22-19-8-4-7-18(13-19)21(25)24-23-14-16-9-11-20(12-10-16)26-15-17-5-2-1-3-6-17/h1-14H,15H2,(H,24,25)/b23-14+. The van der Waals surface area contributed by atoms with Crippen LogP contribution in [0.3, 0.4) is 0 Å². The molecule has 0 saturated carbocycles. The summed E-state index contributed by atoms with van der Waals surface area (Å²) in [6.45, 7) is 0.518. The van der Waals surface area contributed by atoms with Gasteiger partial charge in [-0.1, -0.05) is 48.0 Å². The van der Waals surface area contributed by atoms with E-state index in [2.05, 4.69) is 10.5 Å². The first-order valence-corrected chi connectivity index (χ1v) is 8.44. The molecule has 0 radical (unpaired) electrons. The summed E-state index contributed by atoms with van der Waals surface area (Å²) < 4.78 is 5.73. The lowest BCUT2D eigenvalue weighted by atomic mass is 10.2. The maximum atomic E-state index is 12.0. The first-order chi connectivity index (χ1) is 12.7. The molecule has 1 N–H and O–H groups in total. The van der Waals surface area contributed by atoms with Gasteiger partial charge in [-0.15, -0.1) is 0 Å². The van der Waals surface area contributed by atoms with Gasteiger partial charge in [0, 0.05) is 10.6 Å². The van der Waals surface area contributed by atoms with Crippen LogP contribution >= 0.6 is 11.6 Å². The number of hydrogen-bond donors (Lipinski definition) is 1. The molecule has 130 valence electrons. The van der Waals surface area contributed by atoms with Gasteiger partial charge in [-0.3, -0.25) is 4.79 Å². The Morgan fingerprint density at radius 1 is 1.00 bits per heavy atom. The zero-order chi connectivity index (χ0) is 18.2. The van der Waals surface area contributed by atoms with Crippen molar-refractivity contribution in [1.82, 2.24) is 5.43 Å². The van der Waals surface area contributed by atoms with Crippen LogP contribution in [0.4, 0.5) is 0 Å². The molecule has 0 fully saturated rings. The maximum Gasteiger partial charge on any atom is 0.271 e. The monoisotopic (exact) mass is 364 g/mol. The molecule has 5 heteroatoms. The molecule has 0 aliphatic heterocycles. The number of benzene rings is 3. The minimum atomic E-state index is -0.313. The molecular weight excluding hydrogens is 348 g/mol. The van der Waals surface area contributed by atoms with Gasteiger partial charge in [-0.2, -0.15) is 5.10 Å². The first kappa shape index (κ1) is 17.7. The van der Waals surface area contributed by atoms with Crippen molar-refractivity contribution in [2.45, 2.75) is 6.61 Å². The fourth-order valence-electron chi connectivity index (χ4n) is 2.25. The van der Waals surface area contributed by atoms with Crippen molar-refractivity contribution >= 4 is 23.7 Å². The lowest BCUT2D eigenvalue weighted by Gasteiger charge is -2.06. The molecule has 3 aromatic rings. The molecule has 0 aliphatic rings. The number of nitrogens with one attached hydrogen (secondary N) is 1. The van der Waals surface area contributed by atoms with Crippen LogP contribution < -0.4 is 10.2 Å². The Balaban J connectivity index is 1.52. The fraction of sp³-hybridized carbons (Fsp3) is 0.0476. The lowest BCUT2D eigenvalue weighted by molar-refractivity contribution is 0.0955. The Kier molecular flexibility index (Phi) is 6.01. The third-order valence-corrected chi connectivity index (χ3v) is 3.83. The van der Waals surface area contributed by atoms with Gasteiger partial charge in [0.15, 0.2) is 0 Å². The van der Waals surface area contributed by atoms with Crippen LogP contribution in [0.25, 0.3) is 0 Å². The van der Waals surface area contributed by atoms with Gasteiger partial charge in [0.1, 0.15) is 12.4 Å². The molecule has 3 aromatic carbocycles. The lowest BCUT2D eigenvalue weighted by Crippen LogP contribution is -2.17. The van der Waals surface area contributed by atoms with Crippen molar-refractivity contribution in [3.8, 4) is 5.75 Å². The molecule has 26 heavy (non-hydrogen) atoms. The second-order valence-electron chi connectivity index (χ2n) is 5.55. The van der Waals surface area contributed by atoms with E-state index in [-0.39, 0.29) is 5.91 Å². The highest BCUT2D eigenvalue weighted by Gasteiger charge is 2.03. The zero-order valence-corrected chi connectivity index (χ0v) is 14.7. The molecule has 3 rings (SSSR count). The first-order valence-electron chi connectivity index (χ1n) is 8.06. The Hall–Kier alpha value is -3.11. The highest BCUT2D eigenvalue weighted by Crippen LogP contribution is 2.13. The van der Waals surface area contributed by atoms with Crippen LogP contribution in [0.1, 0.15) is 21.5 Å². The molecule has 0 saturated heterocycles. The Morgan fingerprint density at radius 2 is 1.77 bits per heavy atom. The predicted molar refractivity (Wildman–Crippen MR) is 104 cm³/mol. The van der Waals surface area contributed by atoms with Crippen molar-refractivity contribution in [3.05, 3.63) is 101 Å². The average Bonchev–Trinajstić information content (AvgIpc) is 2.68. The van der Waals surface area contributed by atoms with E-state index in [0.29, 0.717) is 17.2 Å². The maximum absolute atomic E-state index is 12.0. The Bertz CT molecular complexity index is 893. The SMILES string of the molecule is O=C(N/N=C/c1ccc(OCc2ccccc2)cc1)c1cccc(Cl)c1. The number of ether oxygens (including phenoxy) is 1. The van der Waals surface area contributed by atoms with Gasteiger partial charge >= 0.3 is 0 Å². The molecular formula is C21H17ClN2O2. The number of carbonyl (C=O) groups is 1. The molecule has 0 bridgehead atoms. The summed E-state index contributed by atoms with van der Waals surface area (Å²) in [6.07, 6.45) is 1.57. The van der Waals surface area contributed by atoms with Crippen LogP contribution in [0.15, 0.2) is 84.0 Å². The summed E-state index contributed by atoms with van der Waals surface area (Å²) in [6, 6.07) is 24.1. The molecule has 1 amide bonds. The summed E-state index contributed by atoms with van der Waals surface area (Å²) in [4.78, 5) is 12.0. The summed E-state index contributed by atoms with van der Waals surface area (Å²) in [7, 11) is 0. The van der Waals surface area contributed by atoms with E-state index in [0.717, 1.165) is 16.9 Å². The van der Waals surface area contributed by atoms with Gasteiger partial charge in [0.25, 0.3) is 5.91 Å². The van der Waals surface area contributed by atoms with Crippen LogP contribution in [0.2, 0.25) is 5.02 Å². The highest BCUT2D eigenvalue weighted by molar-refractivity contribution is 6.30. The van der Waals surface area contributed by atoms with Crippen molar-refractivity contribution in [2.24, 2.45) is 5.10 Å².